The number of amides is 1. The van der Waals surface area contributed by atoms with Gasteiger partial charge in [0.2, 0.25) is 10.0 Å². The summed E-state index contributed by atoms with van der Waals surface area (Å²) in [4.78, 5) is 17.2. The first-order chi connectivity index (χ1) is 15.0. The summed E-state index contributed by atoms with van der Waals surface area (Å²) >= 11 is 0. The van der Waals surface area contributed by atoms with Crippen LogP contribution in [0.25, 0.3) is 6.08 Å². The zero-order valence-corrected chi connectivity index (χ0v) is 18.5. The van der Waals surface area contributed by atoms with Crippen LogP contribution in [-0.4, -0.2) is 69.1 Å². The second-order valence-electron chi connectivity index (χ2n) is 8.05. The number of anilines is 1. The van der Waals surface area contributed by atoms with E-state index in [2.05, 4.69) is 29.2 Å². The molecule has 0 atom stereocenters. The van der Waals surface area contributed by atoms with Gasteiger partial charge >= 0.3 is 0 Å². The molecule has 4 rings (SSSR count). The van der Waals surface area contributed by atoms with E-state index in [1.807, 2.05) is 23.1 Å². The Balaban J connectivity index is 1.34. The lowest BCUT2D eigenvalue weighted by Gasteiger charge is -2.34. The monoisotopic (exact) mass is 439 g/mol. The molecule has 2 aliphatic heterocycles. The zero-order chi connectivity index (χ0) is 21.7. The van der Waals surface area contributed by atoms with Gasteiger partial charge in [0.05, 0.1) is 11.4 Å². The van der Waals surface area contributed by atoms with E-state index >= 15 is 0 Å². The average molecular weight is 440 g/mol. The molecule has 2 heterocycles. The third kappa shape index (κ3) is 5.35. The van der Waals surface area contributed by atoms with E-state index in [9.17, 15) is 13.2 Å². The van der Waals surface area contributed by atoms with E-state index in [-0.39, 0.29) is 11.7 Å². The summed E-state index contributed by atoms with van der Waals surface area (Å²) in [5, 5.41) is 0. The molecule has 0 unspecified atom stereocenters. The standard InChI is InChI=1S/C24H29N3O3S/c28-24(22-11-6-12-23(20-22)27-14-4-5-19-31(27,29)30)26-17-15-25(16-18-26)13-7-10-21-8-2-1-3-9-21/h1-3,6-12,20H,4-5,13-19H2/b10-7+. The van der Waals surface area contributed by atoms with Crippen molar-refractivity contribution in [1.82, 2.24) is 9.80 Å². The molecule has 0 aromatic heterocycles. The minimum absolute atomic E-state index is 0.0317. The first-order valence-electron chi connectivity index (χ1n) is 10.9. The Morgan fingerprint density at radius 2 is 1.68 bits per heavy atom. The molecule has 0 spiro atoms. The summed E-state index contributed by atoms with van der Waals surface area (Å²) in [5.41, 5.74) is 2.33. The zero-order valence-electron chi connectivity index (χ0n) is 17.7. The number of hydrogen-bond donors (Lipinski definition) is 0. The van der Waals surface area contributed by atoms with Crippen LogP contribution >= 0.6 is 0 Å². The van der Waals surface area contributed by atoms with Crippen LogP contribution in [0.2, 0.25) is 0 Å². The summed E-state index contributed by atoms with van der Waals surface area (Å²) in [5.74, 6) is 0.141. The molecule has 1 amide bonds. The molecule has 6 nitrogen and oxygen atoms in total. The van der Waals surface area contributed by atoms with Gasteiger partial charge in [-0.05, 0) is 36.6 Å². The number of benzene rings is 2. The van der Waals surface area contributed by atoms with Crippen LogP contribution in [0.4, 0.5) is 5.69 Å². The van der Waals surface area contributed by atoms with E-state index in [0.29, 0.717) is 37.3 Å². The molecule has 0 radical (unpaired) electrons. The Hall–Kier alpha value is -2.64. The van der Waals surface area contributed by atoms with Gasteiger partial charge < -0.3 is 4.90 Å². The van der Waals surface area contributed by atoms with E-state index in [4.69, 9.17) is 0 Å². The molecule has 7 heteroatoms. The Morgan fingerprint density at radius 3 is 2.42 bits per heavy atom. The van der Waals surface area contributed by atoms with Crippen LogP contribution in [0.3, 0.4) is 0 Å². The van der Waals surface area contributed by atoms with Gasteiger partial charge in [0, 0.05) is 44.8 Å². The van der Waals surface area contributed by atoms with E-state index in [0.717, 1.165) is 26.1 Å². The fourth-order valence-corrected chi connectivity index (χ4v) is 5.72. The van der Waals surface area contributed by atoms with Crippen LogP contribution in [-0.2, 0) is 10.0 Å². The van der Waals surface area contributed by atoms with Crippen molar-refractivity contribution in [2.45, 2.75) is 12.8 Å². The van der Waals surface area contributed by atoms with Gasteiger partial charge in [-0.3, -0.25) is 14.0 Å². The lowest BCUT2D eigenvalue weighted by Crippen LogP contribution is -2.48. The smallest absolute Gasteiger partial charge is 0.254 e. The molecule has 2 fully saturated rings. The van der Waals surface area contributed by atoms with Gasteiger partial charge in [-0.15, -0.1) is 0 Å². The lowest BCUT2D eigenvalue weighted by atomic mass is 10.1. The summed E-state index contributed by atoms with van der Waals surface area (Å²) in [7, 11) is -3.28. The van der Waals surface area contributed by atoms with Crippen molar-refractivity contribution in [3.63, 3.8) is 0 Å². The average Bonchev–Trinajstić information content (AvgIpc) is 2.79. The first-order valence-corrected chi connectivity index (χ1v) is 12.5. The van der Waals surface area contributed by atoms with Crippen molar-refractivity contribution in [3.8, 4) is 0 Å². The molecule has 2 saturated heterocycles. The molecule has 2 aromatic carbocycles. The summed E-state index contributed by atoms with van der Waals surface area (Å²) < 4.78 is 26.2. The van der Waals surface area contributed by atoms with Gasteiger partial charge in [-0.25, -0.2) is 8.42 Å². The molecular formula is C24H29N3O3S. The number of piperazine rings is 1. The summed E-state index contributed by atoms with van der Waals surface area (Å²) in [6.45, 7) is 4.33. The molecule has 0 bridgehead atoms. The van der Waals surface area contributed by atoms with Crippen LogP contribution in [0.1, 0.15) is 28.8 Å². The second kappa shape index (κ2) is 9.66. The summed E-state index contributed by atoms with van der Waals surface area (Å²) in [6, 6.07) is 17.3. The van der Waals surface area contributed by atoms with E-state index < -0.39 is 10.0 Å². The predicted octanol–water partition coefficient (Wildman–Crippen LogP) is 3.09. The maximum atomic E-state index is 13.0. The largest absolute Gasteiger partial charge is 0.336 e. The van der Waals surface area contributed by atoms with Crippen LogP contribution in [0, 0.1) is 0 Å². The second-order valence-corrected chi connectivity index (χ2v) is 10.1. The lowest BCUT2D eigenvalue weighted by molar-refractivity contribution is 0.0650. The fourth-order valence-electron chi connectivity index (χ4n) is 4.09. The van der Waals surface area contributed by atoms with Crippen molar-refractivity contribution < 1.29 is 13.2 Å². The molecule has 0 saturated carbocycles. The van der Waals surface area contributed by atoms with Gasteiger partial charge in [0.15, 0.2) is 0 Å². The minimum Gasteiger partial charge on any atom is -0.336 e. The molecule has 31 heavy (non-hydrogen) atoms. The minimum atomic E-state index is -3.28. The van der Waals surface area contributed by atoms with Gasteiger partial charge in [-0.2, -0.15) is 0 Å². The topological polar surface area (TPSA) is 60.9 Å². The van der Waals surface area contributed by atoms with E-state index in [1.54, 1.807) is 24.3 Å². The number of rotatable bonds is 5. The quantitative estimate of drug-likeness (QED) is 0.718. The Kier molecular flexibility index (Phi) is 6.73. The molecule has 164 valence electrons. The highest BCUT2D eigenvalue weighted by Crippen LogP contribution is 2.25. The number of carbonyl (C=O) groups is 1. The maximum Gasteiger partial charge on any atom is 0.254 e. The molecular weight excluding hydrogens is 410 g/mol. The number of carbonyl (C=O) groups excluding carboxylic acids is 1. The Labute approximate surface area is 184 Å². The fraction of sp³-hybridized carbons (Fsp3) is 0.375. The third-order valence-electron chi connectivity index (χ3n) is 5.86. The van der Waals surface area contributed by atoms with Crippen molar-refractivity contribution in [2.24, 2.45) is 0 Å². The van der Waals surface area contributed by atoms with Crippen LogP contribution in [0.15, 0.2) is 60.7 Å². The maximum absolute atomic E-state index is 13.0. The highest BCUT2D eigenvalue weighted by Gasteiger charge is 2.27. The van der Waals surface area contributed by atoms with Crippen LogP contribution < -0.4 is 4.31 Å². The summed E-state index contributed by atoms with van der Waals surface area (Å²) in [6.07, 6.45) is 5.83. The SMILES string of the molecule is O=C(c1cccc(N2CCCCS2(=O)=O)c1)N1CCN(C/C=C/c2ccccc2)CC1. The highest BCUT2D eigenvalue weighted by molar-refractivity contribution is 7.92. The molecule has 2 aromatic rings. The van der Waals surface area contributed by atoms with Crippen LogP contribution in [0.5, 0.6) is 0 Å². The van der Waals surface area contributed by atoms with Gasteiger partial charge in [0.25, 0.3) is 5.91 Å². The molecule has 2 aliphatic rings. The first kappa shape index (κ1) is 21.6. The van der Waals surface area contributed by atoms with Crippen molar-refractivity contribution in [2.75, 3.05) is 49.3 Å². The predicted molar refractivity (Wildman–Crippen MR) is 125 cm³/mol. The van der Waals surface area contributed by atoms with Crippen molar-refractivity contribution in [3.05, 3.63) is 71.8 Å². The Morgan fingerprint density at radius 1 is 0.903 bits per heavy atom. The van der Waals surface area contributed by atoms with Gasteiger partial charge in [0.1, 0.15) is 0 Å². The molecule has 0 N–H and O–H groups in total. The Bertz CT molecular complexity index is 1030. The van der Waals surface area contributed by atoms with Gasteiger partial charge in [-0.1, -0.05) is 48.6 Å². The van der Waals surface area contributed by atoms with E-state index in [1.165, 1.54) is 9.87 Å². The molecule has 0 aliphatic carbocycles. The number of nitrogens with zero attached hydrogens (tertiary/aromatic N) is 3. The van der Waals surface area contributed by atoms with Crippen molar-refractivity contribution >= 4 is 27.7 Å². The normalized spacial score (nSPS) is 19.6. The number of hydrogen-bond acceptors (Lipinski definition) is 4. The number of sulfonamides is 1. The third-order valence-corrected chi connectivity index (χ3v) is 7.73. The van der Waals surface area contributed by atoms with Crippen molar-refractivity contribution in [1.29, 1.82) is 0 Å². The highest BCUT2D eigenvalue weighted by atomic mass is 32.2.